The second-order valence-electron chi connectivity index (χ2n) is 5.59. The van der Waals surface area contributed by atoms with Crippen molar-refractivity contribution in [1.82, 2.24) is 5.43 Å². The Balaban J connectivity index is 2.09. The number of nitrogens with two attached hydrogens (primary N) is 1. The van der Waals surface area contributed by atoms with Gasteiger partial charge in [-0.1, -0.05) is 30.7 Å². The molecule has 1 saturated heterocycles. The number of rotatable bonds is 4. The van der Waals surface area contributed by atoms with E-state index in [2.05, 4.69) is 38.3 Å². The van der Waals surface area contributed by atoms with Gasteiger partial charge in [-0.15, -0.1) is 0 Å². The maximum atomic E-state index is 5.91. The zero-order valence-electron chi connectivity index (χ0n) is 11.8. The van der Waals surface area contributed by atoms with Gasteiger partial charge >= 0.3 is 0 Å². The van der Waals surface area contributed by atoms with E-state index in [0.29, 0.717) is 17.9 Å². The minimum atomic E-state index is 0.219. The van der Waals surface area contributed by atoms with Gasteiger partial charge in [0.1, 0.15) is 0 Å². The highest BCUT2D eigenvalue weighted by atomic mass is 35.5. The minimum Gasteiger partial charge on any atom is -0.375 e. The maximum Gasteiger partial charge on any atom is 0.0597 e. The normalized spacial score (nSPS) is 32.5. The molecule has 1 heterocycles. The number of hydrogen-bond donors (Lipinski definition) is 2. The van der Waals surface area contributed by atoms with Crippen molar-refractivity contribution < 1.29 is 4.74 Å². The first-order chi connectivity index (χ1) is 9.02. The molecule has 19 heavy (non-hydrogen) atoms. The summed E-state index contributed by atoms with van der Waals surface area (Å²) in [5.41, 5.74) is 4.22. The van der Waals surface area contributed by atoms with Crippen molar-refractivity contribution in [2.75, 3.05) is 0 Å². The summed E-state index contributed by atoms with van der Waals surface area (Å²) >= 11 is 5.91. The lowest BCUT2D eigenvalue weighted by atomic mass is 9.81. The maximum absolute atomic E-state index is 5.91. The summed E-state index contributed by atoms with van der Waals surface area (Å²) in [7, 11) is 0. The van der Waals surface area contributed by atoms with Crippen LogP contribution in [0.2, 0.25) is 5.02 Å². The molecular formula is C15H23ClN2O. The summed E-state index contributed by atoms with van der Waals surface area (Å²) in [4.78, 5) is 0. The number of hydrogen-bond acceptors (Lipinski definition) is 3. The Labute approximate surface area is 120 Å². The van der Waals surface area contributed by atoms with Crippen molar-refractivity contribution in [2.24, 2.45) is 17.7 Å². The van der Waals surface area contributed by atoms with Crippen molar-refractivity contribution >= 4 is 11.6 Å². The first-order valence-corrected chi connectivity index (χ1v) is 7.26. The van der Waals surface area contributed by atoms with E-state index in [0.717, 1.165) is 11.4 Å². The van der Waals surface area contributed by atoms with Crippen molar-refractivity contribution in [3.8, 4) is 0 Å². The monoisotopic (exact) mass is 282 g/mol. The van der Waals surface area contributed by atoms with E-state index in [4.69, 9.17) is 22.2 Å². The molecule has 5 atom stereocenters. The Morgan fingerprint density at radius 1 is 1.21 bits per heavy atom. The zero-order chi connectivity index (χ0) is 14.0. The van der Waals surface area contributed by atoms with Gasteiger partial charge in [0.25, 0.3) is 0 Å². The third kappa shape index (κ3) is 3.29. The Bertz CT molecular complexity index is 409. The summed E-state index contributed by atoms with van der Waals surface area (Å²) < 4.78 is 5.91. The summed E-state index contributed by atoms with van der Waals surface area (Å²) in [6.45, 7) is 6.51. The van der Waals surface area contributed by atoms with E-state index in [1.165, 1.54) is 5.56 Å². The standard InChI is InChI=1S/C15H23ClN2O/c1-9-10(2)19-11(3)15(9)14(18-17)8-12-4-6-13(16)7-5-12/h4-7,9-11,14-15,18H,8,17H2,1-3H3. The molecular weight excluding hydrogens is 260 g/mol. The van der Waals surface area contributed by atoms with E-state index < -0.39 is 0 Å². The molecule has 0 bridgehead atoms. The largest absolute Gasteiger partial charge is 0.375 e. The smallest absolute Gasteiger partial charge is 0.0597 e. The Kier molecular flexibility index (Phi) is 4.85. The van der Waals surface area contributed by atoms with Crippen LogP contribution in [0.15, 0.2) is 24.3 Å². The topological polar surface area (TPSA) is 47.3 Å². The van der Waals surface area contributed by atoms with Crippen LogP contribution in [0.25, 0.3) is 0 Å². The average Bonchev–Trinajstić information content (AvgIpc) is 2.63. The van der Waals surface area contributed by atoms with Crippen molar-refractivity contribution in [2.45, 2.75) is 45.4 Å². The fourth-order valence-electron chi connectivity index (χ4n) is 3.17. The molecule has 0 radical (unpaired) electrons. The molecule has 0 spiro atoms. The van der Waals surface area contributed by atoms with Crippen LogP contribution in [0.1, 0.15) is 26.3 Å². The fraction of sp³-hybridized carbons (Fsp3) is 0.600. The first-order valence-electron chi connectivity index (χ1n) is 6.89. The highest BCUT2D eigenvalue weighted by Gasteiger charge is 2.41. The number of hydrazine groups is 1. The van der Waals surface area contributed by atoms with E-state index in [-0.39, 0.29) is 12.1 Å². The van der Waals surface area contributed by atoms with Gasteiger partial charge < -0.3 is 4.74 Å². The SMILES string of the molecule is CC1OC(C)C(C(Cc2ccc(Cl)cc2)NN)C1C. The molecule has 4 heteroatoms. The number of nitrogens with one attached hydrogen (secondary N) is 1. The van der Waals surface area contributed by atoms with E-state index in [1.54, 1.807) is 0 Å². The molecule has 5 unspecified atom stereocenters. The third-order valence-corrected chi connectivity index (χ3v) is 4.62. The molecule has 3 nitrogen and oxygen atoms in total. The molecule has 1 aliphatic rings. The van der Waals surface area contributed by atoms with Crippen LogP contribution in [0.3, 0.4) is 0 Å². The minimum absolute atomic E-state index is 0.219. The molecule has 1 aromatic carbocycles. The first kappa shape index (κ1) is 14.8. The zero-order valence-corrected chi connectivity index (χ0v) is 12.5. The Morgan fingerprint density at radius 3 is 2.32 bits per heavy atom. The number of ether oxygens (including phenoxy) is 1. The van der Waals surface area contributed by atoms with Crippen LogP contribution in [0.4, 0.5) is 0 Å². The molecule has 0 aliphatic carbocycles. The van der Waals surface area contributed by atoms with Crippen molar-refractivity contribution in [1.29, 1.82) is 0 Å². The average molecular weight is 283 g/mol. The molecule has 0 amide bonds. The van der Waals surface area contributed by atoms with Gasteiger partial charge in [0.15, 0.2) is 0 Å². The van der Waals surface area contributed by atoms with Crippen LogP contribution >= 0.6 is 11.6 Å². The van der Waals surface area contributed by atoms with Crippen LogP contribution in [0.5, 0.6) is 0 Å². The lowest BCUT2D eigenvalue weighted by Crippen LogP contribution is -2.46. The molecule has 106 valence electrons. The van der Waals surface area contributed by atoms with Crippen LogP contribution in [-0.2, 0) is 11.2 Å². The molecule has 0 aromatic heterocycles. The van der Waals surface area contributed by atoms with E-state index in [9.17, 15) is 0 Å². The van der Waals surface area contributed by atoms with E-state index >= 15 is 0 Å². The van der Waals surface area contributed by atoms with E-state index in [1.807, 2.05) is 12.1 Å². The van der Waals surface area contributed by atoms with Gasteiger partial charge in [-0.2, -0.15) is 0 Å². The molecule has 1 aliphatic heterocycles. The summed E-state index contributed by atoms with van der Waals surface area (Å²) in [5, 5.41) is 0.764. The molecule has 1 fully saturated rings. The van der Waals surface area contributed by atoms with Crippen molar-refractivity contribution in [3.05, 3.63) is 34.9 Å². The fourth-order valence-corrected chi connectivity index (χ4v) is 3.29. The molecule has 2 rings (SSSR count). The van der Waals surface area contributed by atoms with Crippen LogP contribution < -0.4 is 11.3 Å². The lowest BCUT2D eigenvalue weighted by Gasteiger charge is -2.28. The van der Waals surface area contributed by atoms with Crippen LogP contribution in [0, 0.1) is 11.8 Å². The second kappa shape index (κ2) is 6.23. The summed E-state index contributed by atoms with van der Waals surface area (Å²) in [5.74, 6) is 6.70. The van der Waals surface area contributed by atoms with Gasteiger partial charge in [0.2, 0.25) is 0 Å². The van der Waals surface area contributed by atoms with Gasteiger partial charge in [-0.05, 0) is 43.9 Å². The highest BCUT2D eigenvalue weighted by Crippen LogP contribution is 2.35. The molecule has 3 N–H and O–H groups in total. The Hall–Kier alpha value is -0.610. The summed E-state index contributed by atoms with van der Waals surface area (Å²) in [6.07, 6.45) is 1.42. The predicted molar refractivity (Wildman–Crippen MR) is 78.9 cm³/mol. The third-order valence-electron chi connectivity index (χ3n) is 4.37. The van der Waals surface area contributed by atoms with Crippen LogP contribution in [-0.4, -0.2) is 18.2 Å². The quantitative estimate of drug-likeness (QED) is 0.659. The highest BCUT2D eigenvalue weighted by molar-refractivity contribution is 6.30. The number of halogens is 1. The number of benzene rings is 1. The van der Waals surface area contributed by atoms with Crippen molar-refractivity contribution in [3.63, 3.8) is 0 Å². The van der Waals surface area contributed by atoms with Gasteiger partial charge in [0, 0.05) is 17.0 Å². The predicted octanol–water partition coefficient (Wildman–Crippen LogP) is 2.77. The molecule has 0 saturated carbocycles. The van der Waals surface area contributed by atoms with Gasteiger partial charge in [-0.25, -0.2) is 0 Å². The lowest BCUT2D eigenvalue weighted by molar-refractivity contribution is 0.0476. The molecule has 1 aromatic rings. The summed E-state index contributed by atoms with van der Waals surface area (Å²) in [6, 6.07) is 8.18. The Morgan fingerprint density at radius 2 is 1.84 bits per heavy atom. The second-order valence-corrected chi connectivity index (χ2v) is 6.02. The van der Waals surface area contributed by atoms with Gasteiger partial charge in [0.05, 0.1) is 12.2 Å². The van der Waals surface area contributed by atoms with Gasteiger partial charge in [-0.3, -0.25) is 11.3 Å².